The second-order valence-corrected chi connectivity index (χ2v) is 3.85. The van der Waals surface area contributed by atoms with Crippen molar-refractivity contribution in [3.05, 3.63) is 41.3 Å². The maximum atomic E-state index is 11.3. The Balaban J connectivity index is 0. The van der Waals surface area contributed by atoms with Crippen molar-refractivity contribution in [2.45, 2.75) is 46.5 Å². The topological polar surface area (TPSA) is 62.8 Å². The molecule has 0 amide bonds. The molecule has 0 saturated carbocycles. The minimum atomic E-state index is -0.0833. The van der Waals surface area contributed by atoms with E-state index in [0.29, 0.717) is 5.82 Å². The zero-order valence-electron chi connectivity index (χ0n) is 12.1. The predicted octanol–water partition coefficient (Wildman–Crippen LogP) is 2.26. The summed E-state index contributed by atoms with van der Waals surface area (Å²) in [6, 6.07) is 0. The molecule has 1 aromatic heterocycles. The number of aryl methyl sites for hydroxylation is 1. The van der Waals surface area contributed by atoms with Crippen molar-refractivity contribution in [2.75, 3.05) is 0 Å². The van der Waals surface area contributed by atoms with Gasteiger partial charge in [0.25, 0.3) is 5.56 Å². The van der Waals surface area contributed by atoms with Crippen molar-refractivity contribution in [1.29, 1.82) is 0 Å². The summed E-state index contributed by atoms with van der Waals surface area (Å²) in [4.78, 5) is 27.5. The minimum absolute atomic E-state index is 0. The van der Waals surface area contributed by atoms with Crippen LogP contribution in [0.1, 0.15) is 50.7 Å². The Kier molecular flexibility index (Phi) is 12.2. The normalized spacial score (nSPS) is 11.5. The number of H-pyrrole nitrogens is 1. The molecule has 19 heavy (non-hydrogen) atoms. The molecule has 1 aliphatic carbocycles. The van der Waals surface area contributed by atoms with Gasteiger partial charge in [0.05, 0.1) is 0 Å². The summed E-state index contributed by atoms with van der Waals surface area (Å²) in [7, 11) is 0. The van der Waals surface area contributed by atoms with Gasteiger partial charge in [-0.3, -0.25) is 9.78 Å². The van der Waals surface area contributed by atoms with Gasteiger partial charge in [0.2, 0.25) is 0 Å². The van der Waals surface area contributed by atoms with Gasteiger partial charge >= 0.3 is 0 Å². The Bertz CT molecular complexity index is 438. The van der Waals surface area contributed by atoms with Gasteiger partial charge in [0.1, 0.15) is 0 Å². The number of aromatic nitrogens is 2. The summed E-state index contributed by atoms with van der Waals surface area (Å²) in [5, 5.41) is 0. The van der Waals surface area contributed by atoms with E-state index in [9.17, 15) is 9.59 Å². The number of carbonyl (C=O) groups is 1. The van der Waals surface area contributed by atoms with Crippen LogP contribution in [0.3, 0.4) is 0 Å². The Morgan fingerprint density at radius 3 is 2.26 bits per heavy atom. The van der Waals surface area contributed by atoms with E-state index in [0.717, 1.165) is 36.9 Å². The second-order valence-electron chi connectivity index (χ2n) is 3.85. The van der Waals surface area contributed by atoms with E-state index in [4.69, 9.17) is 0 Å². The molecule has 0 bridgehead atoms. The summed E-state index contributed by atoms with van der Waals surface area (Å²) in [6.45, 7) is 12.0. The number of fused-ring (bicyclic) bond motifs is 1. The first-order valence-corrected chi connectivity index (χ1v) is 6.27. The van der Waals surface area contributed by atoms with E-state index in [1.54, 1.807) is 0 Å². The number of nitrogens with zero attached hydrogens (tertiary/aromatic N) is 1. The minimum Gasteiger partial charge on any atom is -0.340 e. The molecule has 0 unspecified atom stereocenters. The summed E-state index contributed by atoms with van der Waals surface area (Å²) in [5.41, 5.74) is 1.83. The summed E-state index contributed by atoms with van der Waals surface area (Å²) >= 11 is 0. The van der Waals surface area contributed by atoms with Crippen LogP contribution in [-0.2, 0) is 50.3 Å². The fourth-order valence-corrected chi connectivity index (χ4v) is 1.65. The Morgan fingerprint density at radius 2 is 1.74 bits per heavy atom. The van der Waals surface area contributed by atoms with Crippen molar-refractivity contribution in [1.82, 2.24) is 9.97 Å². The molecule has 1 aromatic rings. The number of rotatable bonds is 0. The van der Waals surface area contributed by atoms with E-state index in [1.165, 1.54) is 6.92 Å². The van der Waals surface area contributed by atoms with Gasteiger partial charge in [-0.05, 0) is 44.2 Å². The number of carbonyl (C=O) groups excluding carboxylic acids is 1. The van der Waals surface area contributed by atoms with Gasteiger partial charge < -0.3 is 23.6 Å². The quantitative estimate of drug-likeness (QED) is 0.738. The zero-order valence-corrected chi connectivity index (χ0v) is 14.9. The molecule has 2 rings (SSSR count). The van der Waals surface area contributed by atoms with E-state index in [-0.39, 0.29) is 44.1 Å². The molecule has 1 aliphatic rings. The van der Waals surface area contributed by atoms with E-state index in [1.807, 2.05) is 13.8 Å². The van der Waals surface area contributed by atoms with Gasteiger partial charge in [-0.15, -0.1) is 0 Å². The summed E-state index contributed by atoms with van der Waals surface area (Å²) in [6.07, 6.45) is 4.05. The molecule has 1 N–H and O–H groups in total. The van der Waals surface area contributed by atoms with Crippen LogP contribution in [0, 0.1) is 13.8 Å². The van der Waals surface area contributed by atoms with Crippen LogP contribution in [0.5, 0.6) is 0 Å². The van der Waals surface area contributed by atoms with Crippen molar-refractivity contribution in [3.8, 4) is 0 Å². The number of hydrogen-bond acceptors (Lipinski definition) is 3. The van der Waals surface area contributed by atoms with Crippen LogP contribution in [0.4, 0.5) is 0 Å². The summed E-state index contributed by atoms with van der Waals surface area (Å²) in [5.74, 6) is 0.403. The van der Waals surface area contributed by atoms with Crippen LogP contribution in [0.25, 0.3) is 0 Å². The largest absolute Gasteiger partial charge is 0.340 e. The monoisotopic (exact) mass is 339 g/mol. The van der Waals surface area contributed by atoms with E-state index < -0.39 is 0 Å². The first kappa shape index (κ1) is 20.7. The maximum Gasteiger partial charge on any atom is 0.252 e. The number of hydrogen-bond donors (Lipinski definition) is 1. The second kappa shape index (κ2) is 11.2. The third-order valence-corrected chi connectivity index (χ3v) is 2.24. The fraction of sp³-hybridized carbons (Fsp3) is 0.500. The van der Waals surface area contributed by atoms with Crippen molar-refractivity contribution < 1.29 is 37.5 Å². The smallest absolute Gasteiger partial charge is 0.252 e. The predicted molar refractivity (Wildman–Crippen MR) is 73.3 cm³/mol. The van der Waals surface area contributed by atoms with Crippen LogP contribution in [0.15, 0.2) is 4.79 Å². The molecule has 5 heteroatoms. The van der Waals surface area contributed by atoms with Gasteiger partial charge in [-0.25, -0.2) is 0 Å². The molecule has 0 aromatic carbocycles. The Labute approximate surface area is 140 Å². The van der Waals surface area contributed by atoms with Gasteiger partial charge in [-0.1, -0.05) is 13.8 Å². The molecule has 1 radical (unpaired) electrons. The summed E-state index contributed by atoms with van der Waals surface area (Å²) < 4.78 is 0. The fourth-order valence-electron chi connectivity index (χ4n) is 1.65. The third-order valence-electron chi connectivity index (χ3n) is 2.24. The number of ketones is 1. The van der Waals surface area contributed by atoms with Gasteiger partial charge in [0, 0.05) is 44.0 Å². The average Bonchev–Trinajstić information content (AvgIpc) is 2.30. The van der Waals surface area contributed by atoms with Crippen LogP contribution < -0.4 is 5.56 Å². The molecule has 0 spiro atoms. The van der Waals surface area contributed by atoms with Gasteiger partial charge in [0.15, 0.2) is 0 Å². The van der Waals surface area contributed by atoms with Crippen LogP contribution >= 0.6 is 0 Å². The zero-order chi connectivity index (χ0) is 14.1. The standard InChI is InChI=1S/C9H11N2O.C3H5O.C2H6.Y/c1-6-10-8-5-3-2-4-7(8)9(12)11-6;1-3(2)4;1-2;/h1-5H2,(H,10,11,12);1H2,2H3;1-2H3;/q2*-1;;. The van der Waals surface area contributed by atoms with Crippen LogP contribution in [-0.4, -0.2) is 15.8 Å². The SMILES string of the molecule is CC.[CH2-]C(C)=O.[CH2-]c1nc2c(c(=O)[nH]1)CCCC2.[Y]. The molecule has 0 fully saturated rings. The molecular formula is C14H22N2O2Y-2. The first-order chi connectivity index (χ1) is 8.50. The average molecular weight is 339 g/mol. The number of aromatic amines is 1. The molecule has 0 saturated heterocycles. The number of nitrogens with one attached hydrogen (secondary N) is 1. The van der Waals surface area contributed by atoms with Crippen LogP contribution in [0.2, 0.25) is 0 Å². The molecular weight excluding hydrogens is 317 g/mol. The molecule has 0 aliphatic heterocycles. The van der Waals surface area contributed by atoms with Gasteiger partial charge in [-0.2, -0.15) is 0 Å². The van der Waals surface area contributed by atoms with Crippen molar-refractivity contribution in [2.24, 2.45) is 0 Å². The third kappa shape index (κ3) is 8.22. The molecule has 0 atom stereocenters. The molecule has 105 valence electrons. The Morgan fingerprint density at radius 1 is 1.26 bits per heavy atom. The van der Waals surface area contributed by atoms with E-state index >= 15 is 0 Å². The van der Waals surface area contributed by atoms with Crippen molar-refractivity contribution in [3.63, 3.8) is 0 Å². The first-order valence-electron chi connectivity index (χ1n) is 6.27. The van der Waals surface area contributed by atoms with E-state index in [2.05, 4.69) is 23.8 Å². The molecule has 4 nitrogen and oxygen atoms in total. The Hall–Kier alpha value is -0.606. The maximum absolute atomic E-state index is 11.3. The molecule has 1 heterocycles. The van der Waals surface area contributed by atoms with Crippen molar-refractivity contribution >= 4 is 5.78 Å². The number of Topliss-reactive ketones (excluding diaryl/α,β-unsaturated/α-hetero) is 1.